The zero-order valence-electron chi connectivity index (χ0n) is 13.8. The van der Waals surface area contributed by atoms with Gasteiger partial charge in [0.1, 0.15) is 11.4 Å². The van der Waals surface area contributed by atoms with Gasteiger partial charge in [0, 0.05) is 12.0 Å². The second kappa shape index (κ2) is 5.20. The summed E-state index contributed by atoms with van der Waals surface area (Å²) in [6.07, 6.45) is 0.609. The zero-order chi connectivity index (χ0) is 16.7. The summed E-state index contributed by atoms with van der Waals surface area (Å²) in [7, 11) is 0. The van der Waals surface area contributed by atoms with Gasteiger partial charge in [0.15, 0.2) is 0 Å². The summed E-state index contributed by atoms with van der Waals surface area (Å²) < 4.78 is 6.10. The first-order valence-corrected chi connectivity index (χ1v) is 7.37. The average Bonchev–Trinajstić information content (AvgIpc) is 2.36. The number of nitrogens with two attached hydrogens (primary N) is 1. The maximum absolute atomic E-state index is 12.0. The van der Waals surface area contributed by atoms with Crippen LogP contribution in [-0.2, 0) is 6.42 Å². The van der Waals surface area contributed by atoms with Crippen molar-refractivity contribution in [2.24, 2.45) is 5.73 Å². The number of benzene rings is 1. The van der Waals surface area contributed by atoms with Gasteiger partial charge in [0.25, 0.3) is 0 Å². The lowest BCUT2D eigenvalue weighted by Gasteiger charge is -2.49. The highest BCUT2D eigenvalue weighted by Crippen LogP contribution is 2.38. The normalized spacial score (nSPS) is 19.5. The van der Waals surface area contributed by atoms with E-state index in [4.69, 9.17) is 15.7 Å². The van der Waals surface area contributed by atoms with E-state index >= 15 is 0 Å². The van der Waals surface area contributed by atoms with E-state index in [0.29, 0.717) is 12.0 Å². The Morgan fingerprint density at radius 3 is 2.59 bits per heavy atom. The lowest BCUT2D eigenvalue weighted by Crippen LogP contribution is -2.64. The predicted molar refractivity (Wildman–Crippen MR) is 84.5 cm³/mol. The van der Waals surface area contributed by atoms with E-state index in [2.05, 4.69) is 6.07 Å². The Kier molecular flexibility index (Phi) is 3.82. The van der Waals surface area contributed by atoms with E-state index in [-0.39, 0.29) is 6.04 Å². The Labute approximate surface area is 131 Å². The fourth-order valence-corrected chi connectivity index (χ4v) is 3.07. The molecule has 0 bridgehead atoms. The maximum atomic E-state index is 12.0. The van der Waals surface area contributed by atoms with Gasteiger partial charge >= 0.3 is 6.03 Å². The lowest BCUT2D eigenvalue weighted by atomic mass is 9.84. The number of fused-ring (bicyclic) bond motifs is 1. The molecule has 1 aromatic rings. The van der Waals surface area contributed by atoms with Crippen molar-refractivity contribution in [3.05, 3.63) is 29.3 Å². The van der Waals surface area contributed by atoms with Crippen LogP contribution < -0.4 is 10.5 Å². The molecule has 0 saturated carbocycles. The van der Waals surface area contributed by atoms with Gasteiger partial charge in [0.05, 0.1) is 17.7 Å². The van der Waals surface area contributed by atoms with Crippen molar-refractivity contribution in [1.82, 2.24) is 4.90 Å². The van der Waals surface area contributed by atoms with Crippen LogP contribution in [0.1, 0.15) is 45.7 Å². The van der Waals surface area contributed by atoms with Crippen LogP contribution in [0.25, 0.3) is 0 Å². The highest BCUT2D eigenvalue weighted by Gasteiger charge is 2.45. The monoisotopic (exact) mass is 301 g/mol. The van der Waals surface area contributed by atoms with Gasteiger partial charge in [0.2, 0.25) is 0 Å². The van der Waals surface area contributed by atoms with E-state index in [1.807, 2.05) is 46.8 Å². The number of hydrogen-bond acceptors (Lipinski definition) is 3. The summed E-state index contributed by atoms with van der Waals surface area (Å²) in [4.78, 5) is 13.7. The summed E-state index contributed by atoms with van der Waals surface area (Å²) >= 11 is 0. The van der Waals surface area contributed by atoms with Gasteiger partial charge in [-0.25, -0.2) is 4.79 Å². The summed E-state index contributed by atoms with van der Waals surface area (Å²) in [5, 5.41) is 9.06. The van der Waals surface area contributed by atoms with E-state index < -0.39 is 17.2 Å². The quantitative estimate of drug-likeness (QED) is 0.866. The first kappa shape index (κ1) is 16.2. The van der Waals surface area contributed by atoms with Gasteiger partial charge in [-0.2, -0.15) is 5.26 Å². The minimum absolute atomic E-state index is 0.202. The Balaban J connectivity index is 2.48. The van der Waals surface area contributed by atoms with Gasteiger partial charge < -0.3 is 15.4 Å². The summed E-state index contributed by atoms with van der Waals surface area (Å²) in [6.45, 7) is 9.78. The minimum Gasteiger partial charge on any atom is -0.485 e. The summed E-state index contributed by atoms with van der Waals surface area (Å²) in [5.74, 6) is 0.763. The first-order valence-electron chi connectivity index (χ1n) is 7.37. The fraction of sp³-hybridized carbons (Fsp3) is 0.529. The third-order valence-electron chi connectivity index (χ3n) is 4.05. The van der Waals surface area contributed by atoms with Crippen LogP contribution in [0.3, 0.4) is 0 Å². The van der Waals surface area contributed by atoms with Crippen molar-refractivity contribution in [3.63, 3.8) is 0 Å². The number of carbonyl (C=O) groups excluding carboxylic acids is 1. The molecule has 1 aromatic carbocycles. The third-order valence-corrected chi connectivity index (χ3v) is 4.05. The molecule has 118 valence electrons. The Morgan fingerprint density at radius 2 is 2.09 bits per heavy atom. The van der Waals surface area contributed by atoms with Crippen LogP contribution >= 0.6 is 0 Å². The van der Waals surface area contributed by atoms with Gasteiger partial charge in [-0.3, -0.25) is 0 Å². The molecule has 22 heavy (non-hydrogen) atoms. The number of ether oxygens (including phenoxy) is 1. The van der Waals surface area contributed by atoms with Crippen molar-refractivity contribution < 1.29 is 9.53 Å². The third kappa shape index (κ3) is 2.87. The van der Waals surface area contributed by atoms with Crippen molar-refractivity contribution in [2.75, 3.05) is 0 Å². The van der Waals surface area contributed by atoms with Crippen molar-refractivity contribution in [1.29, 1.82) is 5.26 Å². The standard InChI is InChI=1S/C17H23N3O2/c1-16(2,3)20(15(19)21)14-9-12-8-11(10-18)6-7-13(12)22-17(14,4)5/h6-8,14H,9H2,1-5H3,(H2,19,21). The predicted octanol–water partition coefficient (Wildman–Crippen LogP) is 2.82. The van der Waals surface area contributed by atoms with Crippen molar-refractivity contribution in [3.8, 4) is 11.8 Å². The van der Waals surface area contributed by atoms with Gasteiger partial charge in [-0.15, -0.1) is 0 Å². The van der Waals surface area contributed by atoms with E-state index in [1.54, 1.807) is 11.0 Å². The largest absolute Gasteiger partial charge is 0.485 e. The molecule has 0 fully saturated rings. The first-order chi connectivity index (χ1) is 10.1. The van der Waals surface area contributed by atoms with Crippen LogP contribution in [0.5, 0.6) is 5.75 Å². The van der Waals surface area contributed by atoms with E-state index in [0.717, 1.165) is 11.3 Å². The maximum Gasteiger partial charge on any atom is 0.315 e. The molecule has 1 atom stereocenters. The number of carbonyl (C=O) groups is 1. The lowest BCUT2D eigenvalue weighted by molar-refractivity contribution is -0.0241. The number of nitrogens with zero attached hydrogens (tertiary/aromatic N) is 2. The molecule has 5 heteroatoms. The van der Waals surface area contributed by atoms with Crippen molar-refractivity contribution in [2.45, 2.75) is 58.2 Å². The molecular weight excluding hydrogens is 278 g/mol. The highest BCUT2D eigenvalue weighted by molar-refractivity contribution is 5.73. The molecule has 0 saturated heterocycles. The van der Waals surface area contributed by atoms with Crippen molar-refractivity contribution >= 4 is 6.03 Å². The fourth-order valence-electron chi connectivity index (χ4n) is 3.07. The minimum atomic E-state index is -0.566. The zero-order valence-corrected chi connectivity index (χ0v) is 13.8. The number of amides is 2. The van der Waals surface area contributed by atoms with Gasteiger partial charge in [-0.05, 0) is 58.4 Å². The molecule has 0 aliphatic carbocycles. The van der Waals surface area contributed by atoms with Gasteiger partial charge in [-0.1, -0.05) is 0 Å². The molecule has 1 aliphatic heterocycles. The smallest absolute Gasteiger partial charge is 0.315 e. The molecule has 0 radical (unpaired) electrons. The average molecular weight is 301 g/mol. The molecule has 0 aromatic heterocycles. The van der Waals surface area contributed by atoms with E-state index in [9.17, 15) is 4.79 Å². The second-order valence-corrected chi connectivity index (χ2v) is 7.24. The highest BCUT2D eigenvalue weighted by atomic mass is 16.5. The van der Waals surface area contributed by atoms with Crippen LogP contribution in [0.2, 0.25) is 0 Å². The topological polar surface area (TPSA) is 79.3 Å². The molecular formula is C17H23N3O2. The molecule has 1 aliphatic rings. The molecule has 2 N–H and O–H groups in total. The number of rotatable bonds is 1. The Bertz CT molecular complexity index is 638. The molecule has 2 amide bonds. The van der Waals surface area contributed by atoms with Crippen LogP contribution in [-0.4, -0.2) is 28.1 Å². The molecule has 2 rings (SSSR count). The Hall–Kier alpha value is -2.22. The number of urea groups is 1. The van der Waals surface area contributed by atoms with Crippen LogP contribution in [0.4, 0.5) is 4.79 Å². The molecule has 0 spiro atoms. The SMILES string of the molecule is CC1(C)Oc2ccc(C#N)cc2CC1N(C(N)=O)C(C)(C)C. The molecule has 1 unspecified atom stereocenters. The number of nitriles is 1. The number of hydrogen-bond donors (Lipinski definition) is 1. The van der Waals surface area contributed by atoms with Crippen LogP contribution in [0, 0.1) is 11.3 Å². The summed E-state index contributed by atoms with van der Waals surface area (Å²) in [6, 6.07) is 6.84. The second-order valence-electron chi connectivity index (χ2n) is 7.24. The van der Waals surface area contributed by atoms with E-state index in [1.165, 1.54) is 0 Å². The number of primary amides is 1. The summed E-state index contributed by atoms with van der Waals surface area (Å²) in [5.41, 5.74) is 6.16. The molecule has 5 nitrogen and oxygen atoms in total. The Morgan fingerprint density at radius 1 is 1.45 bits per heavy atom. The van der Waals surface area contributed by atoms with Crippen LogP contribution in [0.15, 0.2) is 18.2 Å². The molecule has 1 heterocycles.